The standard InChI is InChI=1S/C14H8Cl2N4/c15-9-7-12-13(8-10(9)16)20(6-4-17)14(19-12)11-3-1-2-5-18-11/h1-3,5,7-8H,6H2. The van der Waals surface area contributed by atoms with Gasteiger partial charge in [0.25, 0.3) is 0 Å². The molecule has 3 aromatic rings. The molecule has 3 rings (SSSR count). The van der Waals surface area contributed by atoms with Crippen molar-refractivity contribution in [1.82, 2.24) is 14.5 Å². The maximum absolute atomic E-state index is 9.01. The van der Waals surface area contributed by atoms with Gasteiger partial charge in [-0.3, -0.25) is 4.98 Å². The number of fused-ring (bicyclic) bond motifs is 1. The van der Waals surface area contributed by atoms with Crippen LogP contribution in [0, 0.1) is 11.3 Å². The maximum Gasteiger partial charge on any atom is 0.160 e. The van der Waals surface area contributed by atoms with E-state index in [4.69, 9.17) is 28.5 Å². The van der Waals surface area contributed by atoms with Gasteiger partial charge in [0.15, 0.2) is 5.82 Å². The van der Waals surface area contributed by atoms with E-state index in [0.29, 0.717) is 27.1 Å². The third-order valence-corrected chi connectivity index (χ3v) is 3.64. The molecule has 0 aliphatic carbocycles. The van der Waals surface area contributed by atoms with Crippen LogP contribution in [-0.4, -0.2) is 14.5 Å². The monoisotopic (exact) mass is 302 g/mol. The summed E-state index contributed by atoms with van der Waals surface area (Å²) in [7, 11) is 0. The maximum atomic E-state index is 9.01. The number of nitrogens with zero attached hydrogens (tertiary/aromatic N) is 4. The van der Waals surface area contributed by atoms with Crippen molar-refractivity contribution in [2.45, 2.75) is 6.54 Å². The molecule has 0 aliphatic rings. The summed E-state index contributed by atoms with van der Waals surface area (Å²) in [5.41, 5.74) is 2.16. The lowest BCUT2D eigenvalue weighted by atomic mass is 10.3. The van der Waals surface area contributed by atoms with Gasteiger partial charge in [-0.25, -0.2) is 4.98 Å². The quantitative estimate of drug-likeness (QED) is 0.720. The first-order valence-corrected chi connectivity index (χ1v) is 6.60. The first kappa shape index (κ1) is 12.9. The van der Waals surface area contributed by atoms with Gasteiger partial charge >= 0.3 is 0 Å². The normalized spacial score (nSPS) is 10.7. The van der Waals surface area contributed by atoms with Gasteiger partial charge in [-0.15, -0.1) is 0 Å². The fourth-order valence-electron chi connectivity index (χ4n) is 2.04. The van der Waals surface area contributed by atoms with Crippen molar-refractivity contribution in [3.05, 3.63) is 46.6 Å². The number of imidazole rings is 1. The number of nitriles is 1. The molecule has 6 heteroatoms. The zero-order valence-corrected chi connectivity index (χ0v) is 11.7. The number of rotatable bonds is 2. The molecule has 4 nitrogen and oxygen atoms in total. The van der Waals surface area contributed by atoms with Crippen LogP contribution in [-0.2, 0) is 6.54 Å². The summed E-state index contributed by atoms with van der Waals surface area (Å²) < 4.78 is 1.78. The van der Waals surface area contributed by atoms with E-state index in [0.717, 1.165) is 5.52 Å². The Balaban J connectivity index is 2.32. The molecule has 2 aromatic heterocycles. The third kappa shape index (κ3) is 2.11. The van der Waals surface area contributed by atoms with Crippen molar-refractivity contribution in [2.75, 3.05) is 0 Å². The Hall–Kier alpha value is -2.09. The smallest absolute Gasteiger partial charge is 0.160 e. The molecule has 0 saturated heterocycles. The van der Waals surface area contributed by atoms with Crippen LogP contribution in [0.2, 0.25) is 10.0 Å². The molecule has 1 aromatic carbocycles. The molecule has 0 atom stereocenters. The second-order valence-electron chi connectivity index (χ2n) is 4.15. The minimum Gasteiger partial charge on any atom is -0.309 e. The Kier molecular flexibility index (Phi) is 3.31. The second-order valence-corrected chi connectivity index (χ2v) is 4.96. The van der Waals surface area contributed by atoms with E-state index in [1.54, 1.807) is 22.9 Å². The van der Waals surface area contributed by atoms with Crippen molar-refractivity contribution < 1.29 is 0 Å². The van der Waals surface area contributed by atoms with E-state index in [-0.39, 0.29) is 6.54 Å². The number of hydrogen-bond donors (Lipinski definition) is 0. The Labute approximate surface area is 125 Å². The summed E-state index contributed by atoms with van der Waals surface area (Å²) in [4.78, 5) is 8.78. The Bertz CT molecular complexity index is 819. The minimum absolute atomic E-state index is 0.167. The molecule has 0 bridgehead atoms. The lowest BCUT2D eigenvalue weighted by molar-refractivity contribution is 0.865. The van der Waals surface area contributed by atoms with Crippen LogP contribution in [0.15, 0.2) is 36.5 Å². The van der Waals surface area contributed by atoms with Crippen molar-refractivity contribution in [2.24, 2.45) is 0 Å². The van der Waals surface area contributed by atoms with Crippen LogP contribution < -0.4 is 0 Å². The van der Waals surface area contributed by atoms with Gasteiger partial charge in [0.1, 0.15) is 12.2 Å². The average Bonchev–Trinajstić information content (AvgIpc) is 2.79. The first-order chi connectivity index (χ1) is 9.70. The van der Waals surface area contributed by atoms with Crippen molar-refractivity contribution >= 4 is 34.2 Å². The summed E-state index contributed by atoms with van der Waals surface area (Å²) in [6.07, 6.45) is 1.69. The lowest BCUT2D eigenvalue weighted by Gasteiger charge is -2.04. The molecule has 0 unspecified atom stereocenters. The van der Waals surface area contributed by atoms with E-state index < -0.39 is 0 Å². The first-order valence-electron chi connectivity index (χ1n) is 5.84. The predicted octanol–water partition coefficient (Wildman–Crippen LogP) is 3.93. The van der Waals surface area contributed by atoms with Gasteiger partial charge < -0.3 is 4.57 Å². The van der Waals surface area contributed by atoms with Gasteiger partial charge in [-0.2, -0.15) is 5.26 Å². The lowest BCUT2D eigenvalue weighted by Crippen LogP contribution is -1.99. The van der Waals surface area contributed by atoms with Crippen LogP contribution in [0.5, 0.6) is 0 Å². The largest absolute Gasteiger partial charge is 0.309 e. The summed E-state index contributed by atoms with van der Waals surface area (Å²) >= 11 is 12.1. The summed E-state index contributed by atoms with van der Waals surface area (Å²) in [5.74, 6) is 0.625. The van der Waals surface area contributed by atoms with Crippen molar-refractivity contribution in [1.29, 1.82) is 5.26 Å². The molecule has 2 heterocycles. The number of aromatic nitrogens is 3. The van der Waals surface area contributed by atoms with Crippen LogP contribution in [0.3, 0.4) is 0 Å². The van der Waals surface area contributed by atoms with Crippen LogP contribution in [0.1, 0.15) is 0 Å². The van der Waals surface area contributed by atoms with E-state index in [1.165, 1.54) is 0 Å². The highest BCUT2D eigenvalue weighted by Gasteiger charge is 2.14. The van der Waals surface area contributed by atoms with E-state index in [2.05, 4.69) is 16.0 Å². The Morgan fingerprint density at radius 1 is 1.20 bits per heavy atom. The summed E-state index contributed by atoms with van der Waals surface area (Å²) in [5, 5.41) is 9.89. The average molecular weight is 303 g/mol. The molecule has 0 saturated carbocycles. The number of benzene rings is 1. The topological polar surface area (TPSA) is 54.5 Å². The fraction of sp³-hybridized carbons (Fsp3) is 0.0714. The third-order valence-electron chi connectivity index (χ3n) is 2.91. The number of hydrogen-bond acceptors (Lipinski definition) is 3. The Morgan fingerprint density at radius 3 is 2.70 bits per heavy atom. The molecular weight excluding hydrogens is 295 g/mol. The van der Waals surface area contributed by atoms with Gasteiger partial charge in [-0.1, -0.05) is 29.3 Å². The van der Waals surface area contributed by atoms with Crippen LogP contribution in [0.4, 0.5) is 0 Å². The van der Waals surface area contributed by atoms with Gasteiger partial charge in [0.05, 0.1) is 27.1 Å². The molecule has 0 N–H and O–H groups in total. The van der Waals surface area contributed by atoms with E-state index in [1.807, 2.05) is 18.2 Å². The second kappa shape index (κ2) is 5.12. The fourth-order valence-corrected chi connectivity index (χ4v) is 2.36. The minimum atomic E-state index is 0.167. The zero-order valence-electron chi connectivity index (χ0n) is 10.2. The molecular formula is C14H8Cl2N4. The SMILES string of the molecule is N#CCn1c(-c2ccccn2)nc2cc(Cl)c(Cl)cc21. The van der Waals surface area contributed by atoms with Gasteiger partial charge in [0.2, 0.25) is 0 Å². The van der Waals surface area contributed by atoms with E-state index >= 15 is 0 Å². The highest BCUT2D eigenvalue weighted by Crippen LogP contribution is 2.30. The summed E-state index contributed by atoms with van der Waals surface area (Å²) in [6, 6.07) is 11.1. The highest BCUT2D eigenvalue weighted by atomic mass is 35.5. The molecule has 0 amide bonds. The molecule has 0 fully saturated rings. The van der Waals surface area contributed by atoms with Gasteiger partial charge in [-0.05, 0) is 24.3 Å². The van der Waals surface area contributed by atoms with Crippen molar-refractivity contribution in [3.8, 4) is 17.6 Å². The summed E-state index contributed by atoms with van der Waals surface area (Å²) in [6.45, 7) is 0.167. The predicted molar refractivity (Wildman–Crippen MR) is 78.6 cm³/mol. The van der Waals surface area contributed by atoms with Crippen molar-refractivity contribution in [3.63, 3.8) is 0 Å². The molecule has 20 heavy (non-hydrogen) atoms. The van der Waals surface area contributed by atoms with Crippen LogP contribution in [0.25, 0.3) is 22.6 Å². The van der Waals surface area contributed by atoms with Crippen LogP contribution >= 0.6 is 23.2 Å². The number of pyridine rings is 1. The molecule has 0 radical (unpaired) electrons. The number of halogens is 2. The van der Waals surface area contributed by atoms with E-state index in [9.17, 15) is 0 Å². The van der Waals surface area contributed by atoms with Gasteiger partial charge in [0, 0.05) is 6.20 Å². The highest BCUT2D eigenvalue weighted by molar-refractivity contribution is 6.42. The molecule has 0 spiro atoms. The zero-order chi connectivity index (χ0) is 14.1. The Morgan fingerprint density at radius 2 is 2.00 bits per heavy atom. The molecule has 98 valence electrons. The molecule has 0 aliphatic heterocycles.